The normalized spacial score (nSPS) is 14.0. The molecule has 6 nitrogen and oxygen atoms in total. The summed E-state index contributed by atoms with van der Waals surface area (Å²) in [5.41, 5.74) is 1.39. The second-order valence-electron chi connectivity index (χ2n) is 6.05. The Balaban J connectivity index is 1.45. The summed E-state index contributed by atoms with van der Waals surface area (Å²) in [4.78, 5) is 26.9. The zero-order chi connectivity index (χ0) is 18.8. The van der Waals surface area contributed by atoms with Gasteiger partial charge in [0, 0.05) is 19.0 Å². The third kappa shape index (κ3) is 3.74. The standard InChI is InChI=1S/C19H15ClN2O4S/c20-14-6-5-12(9-15(14)22-7-1-4-18(22)23)19(24)25-11-13-10-16(26-21-13)17-3-2-8-27-17/h2-3,5-6,8-10H,1,4,7,11H2. The van der Waals surface area contributed by atoms with Gasteiger partial charge in [-0.15, -0.1) is 11.3 Å². The number of carbonyl (C=O) groups is 2. The molecule has 0 spiro atoms. The van der Waals surface area contributed by atoms with E-state index in [9.17, 15) is 9.59 Å². The Kier molecular flexibility index (Phi) is 4.96. The molecule has 0 aliphatic carbocycles. The fraction of sp³-hybridized carbons (Fsp3) is 0.211. The van der Waals surface area contributed by atoms with E-state index in [4.69, 9.17) is 20.9 Å². The zero-order valence-corrected chi connectivity index (χ0v) is 15.8. The molecular formula is C19H15ClN2O4S. The van der Waals surface area contributed by atoms with Crippen LogP contribution in [0.25, 0.3) is 10.6 Å². The average molecular weight is 403 g/mol. The van der Waals surface area contributed by atoms with Crippen LogP contribution in [-0.4, -0.2) is 23.6 Å². The van der Waals surface area contributed by atoms with Gasteiger partial charge in [-0.05, 0) is 36.1 Å². The van der Waals surface area contributed by atoms with Crippen molar-refractivity contribution in [3.8, 4) is 10.6 Å². The number of nitrogens with zero attached hydrogens (tertiary/aromatic N) is 2. The lowest BCUT2D eigenvalue weighted by Gasteiger charge is -2.18. The quantitative estimate of drug-likeness (QED) is 0.586. The Morgan fingerprint density at radius 3 is 2.96 bits per heavy atom. The molecule has 3 aromatic rings. The number of halogens is 1. The molecule has 3 heterocycles. The van der Waals surface area contributed by atoms with Gasteiger partial charge in [-0.3, -0.25) is 4.79 Å². The Bertz CT molecular complexity index is 984. The maximum atomic E-state index is 12.4. The van der Waals surface area contributed by atoms with E-state index in [1.54, 1.807) is 29.2 Å². The molecule has 2 aromatic heterocycles. The smallest absolute Gasteiger partial charge is 0.338 e. The number of amides is 1. The first kappa shape index (κ1) is 17.8. The van der Waals surface area contributed by atoms with Gasteiger partial charge in [0.15, 0.2) is 5.76 Å². The first-order valence-electron chi connectivity index (χ1n) is 8.38. The molecule has 4 rings (SSSR count). The van der Waals surface area contributed by atoms with Gasteiger partial charge in [-0.1, -0.05) is 22.8 Å². The third-order valence-corrected chi connectivity index (χ3v) is 5.42. The summed E-state index contributed by atoms with van der Waals surface area (Å²) in [6, 6.07) is 10.4. The highest BCUT2D eigenvalue weighted by molar-refractivity contribution is 7.13. The van der Waals surface area contributed by atoms with Gasteiger partial charge < -0.3 is 14.2 Å². The van der Waals surface area contributed by atoms with Gasteiger partial charge in [0.2, 0.25) is 5.91 Å². The molecule has 1 fully saturated rings. The molecule has 0 radical (unpaired) electrons. The fourth-order valence-electron chi connectivity index (χ4n) is 2.89. The van der Waals surface area contributed by atoms with Crippen LogP contribution in [-0.2, 0) is 16.1 Å². The van der Waals surface area contributed by atoms with Crippen molar-refractivity contribution < 1.29 is 18.8 Å². The highest BCUT2D eigenvalue weighted by Gasteiger charge is 2.24. The number of ether oxygens (including phenoxy) is 1. The molecule has 8 heteroatoms. The van der Waals surface area contributed by atoms with E-state index in [1.807, 2.05) is 17.5 Å². The van der Waals surface area contributed by atoms with Crippen molar-refractivity contribution in [3.63, 3.8) is 0 Å². The number of carbonyl (C=O) groups excluding carboxylic acids is 2. The molecule has 0 bridgehead atoms. The van der Waals surface area contributed by atoms with Crippen LogP contribution >= 0.6 is 22.9 Å². The van der Waals surface area contributed by atoms with Crippen molar-refractivity contribution >= 4 is 40.5 Å². The van der Waals surface area contributed by atoms with Crippen molar-refractivity contribution in [2.24, 2.45) is 0 Å². The summed E-state index contributed by atoms with van der Waals surface area (Å²) >= 11 is 7.74. The van der Waals surface area contributed by atoms with E-state index in [0.29, 0.717) is 40.7 Å². The highest BCUT2D eigenvalue weighted by Crippen LogP contribution is 2.31. The van der Waals surface area contributed by atoms with Crippen molar-refractivity contribution in [1.29, 1.82) is 0 Å². The van der Waals surface area contributed by atoms with Crippen LogP contribution in [0, 0.1) is 0 Å². The molecule has 1 amide bonds. The van der Waals surface area contributed by atoms with E-state index in [1.165, 1.54) is 11.3 Å². The molecule has 0 atom stereocenters. The van der Waals surface area contributed by atoms with Crippen LogP contribution in [0.15, 0.2) is 46.3 Å². The predicted molar refractivity (Wildman–Crippen MR) is 102 cm³/mol. The second-order valence-corrected chi connectivity index (χ2v) is 7.41. The maximum absolute atomic E-state index is 12.4. The minimum Gasteiger partial charge on any atom is -0.455 e. The molecule has 0 saturated carbocycles. The molecule has 1 aliphatic rings. The number of hydrogen-bond acceptors (Lipinski definition) is 6. The van der Waals surface area contributed by atoms with Crippen LogP contribution in [0.5, 0.6) is 0 Å². The van der Waals surface area contributed by atoms with Crippen LogP contribution < -0.4 is 4.90 Å². The number of anilines is 1. The van der Waals surface area contributed by atoms with Crippen molar-refractivity contribution in [2.75, 3.05) is 11.4 Å². The molecule has 0 N–H and O–H groups in total. The number of esters is 1. The topological polar surface area (TPSA) is 72.6 Å². The molecule has 1 aliphatic heterocycles. The van der Waals surface area contributed by atoms with E-state index >= 15 is 0 Å². The molecule has 27 heavy (non-hydrogen) atoms. The van der Waals surface area contributed by atoms with Gasteiger partial charge in [-0.2, -0.15) is 0 Å². The number of aromatic nitrogens is 1. The molecule has 138 valence electrons. The Morgan fingerprint density at radius 2 is 2.22 bits per heavy atom. The van der Waals surface area contributed by atoms with Gasteiger partial charge in [0.25, 0.3) is 0 Å². The minimum absolute atomic E-state index is 0.00564. The lowest BCUT2D eigenvalue weighted by atomic mass is 10.2. The summed E-state index contributed by atoms with van der Waals surface area (Å²) in [6.07, 6.45) is 1.27. The van der Waals surface area contributed by atoms with Crippen molar-refractivity contribution in [2.45, 2.75) is 19.4 Å². The van der Waals surface area contributed by atoms with Gasteiger partial charge >= 0.3 is 5.97 Å². The Hall–Kier alpha value is -2.64. The average Bonchev–Trinajstić information content (AvgIpc) is 3.41. The Labute approximate surface area is 164 Å². The first-order chi connectivity index (χ1) is 13.1. The fourth-order valence-corrected chi connectivity index (χ4v) is 3.78. The van der Waals surface area contributed by atoms with Crippen LogP contribution in [0.1, 0.15) is 28.9 Å². The number of thiophene rings is 1. The van der Waals surface area contributed by atoms with E-state index in [0.717, 1.165) is 11.3 Å². The monoisotopic (exact) mass is 402 g/mol. The largest absolute Gasteiger partial charge is 0.455 e. The molecule has 0 unspecified atom stereocenters. The summed E-state index contributed by atoms with van der Waals surface area (Å²) in [7, 11) is 0. The van der Waals surface area contributed by atoms with Crippen molar-refractivity contribution in [3.05, 3.63) is 58.1 Å². The van der Waals surface area contributed by atoms with Crippen LogP contribution in [0.4, 0.5) is 5.69 Å². The van der Waals surface area contributed by atoms with E-state index in [2.05, 4.69) is 5.16 Å². The Morgan fingerprint density at radius 1 is 1.33 bits per heavy atom. The maximum Gasteiger partial charge on any atom is 0.338 e. The van der Waals surface area contributed by atoms with Crippen molar-refractivity contribution in [1.82, 2.24) is 5.16 Å². The molecule has 1 aromatic carbocycles. The van der Waals surface area contributed by atoms with E-state index in [-0.39, 0.29) is 12.5 Å². The van der Waals surface area contributed by atoms with Gasteiger partial charge in [0.1, 0.15) is 12.3 Å². The first-order valence-corrected chi connectivity index (χ1v) is 9.64. The van der Waals surface area contributed by atoms with E-state index < -0.39 is 5.97 Å². The summed E-state index contributed by atoms with van der Waals surface area (Å²) in [5.74, 6) is 0.128. The van der Waals surface area contributed by atoms with Gasteiger partial charge in [0.05, 0.1) is 21.2 Å². The molecule has 1 saturated heterocycles. The zero-order valence-electron chi connectivity index (χ0n) is 14.2. The van der Waals surface area contributed by atoms with Crippen LogP contribution in [0.2, 0.25) is 5.02 Å². The highest BCUT2D eigenvalue weighted by atomic mass is 35.5. The second kappa shape index (κ2) is 7.54. The molecular weight excluding hydrogens is 388 g/mol. The SMILES string of the molecule is O=C(OCc1cc(-c2cccs2)on1)c1ccc(Cl)c(N2CCCC2=O)c1. The summed E-state index contributed by atoms with van der Waals surface area (Å²) in [5, 5.41) is 6.30. The number of hydrogen-bond donors (Lipinski definition) is 0. The van der Waals surface area contributed by atoms with Crippen LogP contribution in [0.3, 0.4) is 0 Å². The number of benzene rings is 1. The lowest BCUT2D eigenvalue weighted by Crippen LogP contribution is -2.24. The summed E-state index contributed by atoms with van der Waals surface area (Å²) < 4.78 is 10.6. The predicted octanol–water partition coefficient (Wildman–Crippen LogP) is 4.54. The summed E-state index contributed by atoms with van der Waals surface area (Å²) in [6.45, 7) is 0.593. The lowest BCUT2D eigenvalue weighted by molar-refractivity contribution is -0.117. The van der Waals surface area contributed by atoms with Gasteiger partial charge in [-0.25, -0.2) is 4.79 Å². The third-order valence-electron chi connectivity index (χ3n) is 4.22. The number of rotatable bonds is 5. The minimum atomic E-state index is -0.514.